The molecule has 0 heterocycles. The van der Waals surface area contributed by atoms with Crippen LogP contribution in [0.25, 0.3) is 0 Å². The molecule has 0 N–H and O–H groups in total. The van der Waals surface area contributed by atoms with Crippen LogP contribution in [-0.2, 0) is 17.6 Å². The van der Waals surface area contributed by atoms with Crippen molar-refractivity contribution in [2.24, 2.45) is 5.92 Å². The fourth-order valence-electron chi connectivity index (χ4n) is 3.04. The van der Waals surface area contributed by atoms with Crippen molar-refractivity contribution in [1.82, 2.24) is 0 Å². The lowest BCUT2D eigenvalue weighted by molar-refractivity contribution is -0.120. The first-order valence-electron chi connectivity index (χ1n) is 8.87. The van der Waals surface area contributed by atoms with Crippen LogP contribution in [0.2, 0.25) is 0 Å². The van der Waals surface area contributed by atoms with Crippen LogP contribution >= 0.6 is 0 Å². The van der Waals surface area contributed by atoms with Gasteiger partial charge < -0.3 is 0 Å². The van der Waals surface area contributed by atoms with Gasteiger partial charge in [0.1, 0.15) is 5.78 Å². The van der Waals surface area contributed by atoms with Gasteiger partial charge in [0.25, 0.3) is 0 Å². The highest BCUT2D eigenvalue weighted by atomic mass is 16.1. The van der Waals surface area contributed by atoms with Gasteiger partial charge in [-0.3, -0.25) is 4.79 Å². The molecule has 1 atom stereocenters. The fourth-order valence-corrected chi connectivity index (χ4v) is 3.04. The summed E-state index contributed by atoms with van der Waals surface area (Å²) >= 11 is 0. The van der Waals surface area contributed by atoms with Crippen LogP contribution in [0.5, 0.6) is 0 Å². The first kappa shape index (κ1) is 17.5. The van der Waals surface area contributed by atoms with Gasteiger partial charge >= 0.3 is 0 Å². The maximum absolute atomic E-state index is 12.2. The highest BCUT2D eigenvalue weighted by Gasteiger charge is 2.12. The summed E-state index contributed by atoms with van der Waals surface area (Å²) < 4.78 is 0. The molecule has 0 fully saturated rings. The number of hydrogen-bond acceptors (Lipinski definition) is 1. The van der Waals surface area contributed by atoms with Crippen LogP contribution in [0.15, 0.2) is 60.7 Å². The van der Waals surface area contributed by atoms with Crippen LogP contribution in [-0.4, -0.2) is 5.78 Å². The quantitative estimate of drug-likeness (QED) is 0.556. The number of benzene rings is 2. The molecular formula is C22H28O. The molecule has 23 heavy (non-hydrogen) atoms. The number of hydrogen-bond donors (Lipinski definition) is 0. The predicted molar refractivity (Wildman–Crippen MR) is 97.5 cm³/mol. The third-order valence-electron chi connectivity index (χ3n) is 4.55. The van der Waals surface area contributed by atoms with Gasteiger partial charge in [-0.05, 0) is 42.7 Å². The Labute approximate surface area is 140 Å². The summed E-state index contributed by atoms with van der Waals surface area (Å²) in [6, 6.07) is 20.9. The second kappa shape index (κ2) is 9.99. The van der Waals surface area contributed by atoms with E-state index in [1.807, 2.05) is 18.2 Å². The smallest absolute Gasteiger partial charge is 0.133 e. The van der Waals surface area contributed by atoms with Gasteiger partial charge in [0, 0.05) is 12.8 Å². The van der Waals surface area contributed by atoms with Crippen LogP contribution in [0.4, 0.5) is 0 Å². The van der Waals surface area contributed by atoms with Crippen molar-refractivity contribution in [2.75, 3.05) is 0 Å². The monoisotopic (exact) mass is 308 g/mol. The Morgan fingerprint density at radius 1 is 0.870 bits per heavy atom. The third-order valence-corrected chi connectivity index (χ3v) is 4.55. The molecule has 1 heteroatoms. The summed E-state index contributed by atoms with van der Waals surface area (Å²) in [7, 11) is 0. The minimum atomic E-state index is 0.417. The van der Waals surface area contributed by atoms with E-state index < -0.39 is 0 Å². The number of aryl methyl sites for hydroxylation is 2. The molecular weight excluding hydrogens is 280 g/mol. The minimum Gasteiger partial charge on any atom is -0.300 e. The first-order valence-corrected chi connectivity index (χ1v) is 8.87. The van der Waals surface area contributed by atoms with E-state index in [-0.39, 0.29) is 0 Å². The van der Waals surface area contributed by atoms with E-state index in [4.69, 9.17) is 0 Å². The van der Waals surface area contributed by atoms with Gasteiger partial charge in [-0.25, -0.2) is 0 Å². The topological polar surface area (TPSA) is 17.1 Å². The molecule has 0 spiro atoms. The van der Waals surface area contributed by atoms with E-state index in [2.05, 4.69) is 49.4 Å². The molecule has 0 amide bonds. The predicted octanol–water partition coefficient (Wildman–Crippen LogP) is 5.63. The molecule has 2 rings (SSSR count). The molecule has 0 aliphatic rings. The van der Waals surface area contributed by atoms with E-state index in [9.17, 15) is 4.79 Å². The molecule has 0 unspecified atom stereocenters. The van der Waals surface area contributed by atoms with Gasteiger partial charge in [-0.2, -0.15) is 0 Å². The SMILES string of the molecule is CC[C@H](CCCc1ccccc1)CC(=O)CCc1ccccc1. The lowest BCUT2D eigenvalue weighted by atomic mass is 9.91. The Kier molecular flexibility index (Phi) is 7.59. The maximum Gasteiger partial charge on any atom is 0.133 e. The molecule has 0 aliphatic carbocycles. The second-order valence-corrected chi connectivity index (χ2v) is 6.38. The Hall–Kier alpha value is -1.89. The van der Waals surface area contributed by atoms with Crippen molar-refractivity contribution < 1.29 is 4.79 Å². The van der Waals surface area contributed by atoms with E-state index >= 15 is 0 Å². The summed E-state index contributed by atoms with van der Waals surface area (Å²) in [5.74, 6) is 0.961. The van der Waals surface area contributed by atoms with Crippen molar-refractivity contribution in [1.29, 1.82) is 0 Å². The minimum absolute atomic E-state index is 0.417. The van der Waals surface area contributed by atoms with Crippen molar-refractivity contribution in [3.8, 4) is 0 Å². The van der Waals surface area contributed by atoms with Crippen LogP contribution < -0.4 is 0 Å². The summed E-state index contributed by atoms with van der Waals surface area (Å²) in [5.41, 5.74) is 2.66. The third kappa shape index (κ3) is 6.81. The molecule has 122 valence electrons. The first-order chi connectivity index (χ1) is 11.3. The van der Waals surface area contributed by atoms with Gasteiger partial charge in [0.2, 0.25) is 0 Å². The van der Waals surface area contributed by atoms with Gasteiger partial charge in [0.15, 0.2) is 0 Å². The van der Waals surface area contributed by atoms with Crippen molar-refractivity contribution in [3.63, 3.8) is 0 Å². The number of ketones is 1. The maximum atomic E-state index is 12.2. The number of Topliss-reactive ketones (excluding diaryl/α,β-unsaturated/α-hetero) is 1. The average Bonchev–Trinajstić information content (AvgIpc) is 2.61. The standard InChI is InChI=1S/C22H28O/c1-2-19(14-9-15-20-10-5-3-6-11-20)18-22(23)17-16-21-12-7-4-8-13-21/h3-8,10-13,19H,2,9,14-18H2,1H3/t19-/m1/s1. The highest BCUT2D eigenvalue weighted by Crippen LogP contribution is 2.19. The summed E-state index contributed by atoms with van der Waals surface area (Å²) in [4.78, 5) is 12.2. The number of carbonyl (C=O) groups excluding carboxylic acids is 1. The number of carbonyl (C=O) groups is 1. The normalized spacial score (nSPS) is 12.0. The summed E-state index contributed by atoms with van der Waals surface area (Å²) in [6.45, 7) is 2.21. The van der Waals surface area contributed by atoms with Crippen LogP contribution in [0.1, 0.15) is 50.2 Å². The Morgan fingerprint density at radius 3 is 2.00 bits per heavy atom. The molecule has 0 saturated heterocycles. The van der Waals surface area contributed by atoms with E-state index in [0.29, 0.717) is 18.1 Å². The van der Waals surface area contributed by atoms with Gasteiger partial charge in [-0.15, -0.1) is 0 Å². The van der Waals surface area contributed by atoms with E-state index in [1.165, 1.54) is 17.5 Å². The molecule has 1 nitrogen and oxygen atoms in total. The molecule has 0 bridgehead atoms. The van der Waals surface area contributed by atoms with Crippen molar-refractivity contribution in [3.05, 3.63) is 71.8 Å². The van der Waals surface area contributed by atoms with Crippen molar-refractivity contribution in [2.45, 2.75) is 51.9 Å². The van der Waals surface area contributed by atoms with Crippen molar-refractivity contribution >= 4 is 5.78 Å². The average molecular weight is 308 g/mol. The Bertz CT molecular complexity index is 559. The zero-order valence-electron chi connectivity index (χ0n) is 14.2. The molecule has 2 aromatic rings. The van der Waals surface area contributed by atoms with Crippen LogP contribution in [0, 0.1) is 5.92 Å². The second-order valence-electron chi connectivity index (χ2n) is 6.38. The summed E-state index contributed by atoms with van der Waals surface area (Å²) in [5, 5.41) is 0. The summed E-state index contributed by atoms with van der Waals surface area (Å²) in [6.07, 6.45) is 6.86. The zero-order chi connectivity index (χ0) is 16.3. The van der Waals surface area contributed by atoms with E-state index in [0.717, 1.165) is 32.1 Å². The molecule has 0 radical (unpaired) electrons. The van der Waals surface area contributed by atoms with Gasteiger partial charge in [0.05, 0.1) is 0 Å². The lowest BCUT2D eigenvalue weighted by Crippen LogP contribution is -2.09. The fraction of sp³-hybridized carbons (Fsp3) is 0.409. The Morgan fingerprint density at radius 2 is 1.43 bits per heavy atom. The van der Waals surface area contributed by atoms with E-state index in [1.54, 1.807) is 0 Å². The Balaban J connectivity index is 1.68. The van der Waals surface area contributed by atoms with Crippen LogP contribution in [0.3, 0.4) is 0 Å². The molecule has 0 aromatic heterocycles. The highest BCUT2D eigenvalue weighted by molar-refractivity contribution is 5.78. The molecule has 2 aromatic carbocycles. The lowest BCUT2D eigenvalue weighted by Gasteiger charge is -2.14. The number of rotatable bonds is 10. The zero-order valence-corrected chi connectivity index (χ0v) is 14.2. The molecule has 0 saturated carbocycles. The molecule has 0 aliphatic heterocycles. The largest absolute Gasteiger partial charge is 0.300 e. The van der Waals surface area contributed by atoms with Gasteiger partial charge in [-0.1, -0.05) is 74.0 Å².